The van der Waals surface area contributed by atoms with Gasteiger partial charge in [-0.1, -0.05) is 15.9 Å². The summed E-state index contributed by atoms with van der Waals surface area (Å²) in [4.78, 5) is 12.9. The van der Waals surface area contributed by atoms with Crippen LogP contribution in [0.25, 0.3) is 0 Å². The zero-order valence-electron chi connectivity index (χ0n) is 11.0. The fourth-order valence-corrected chi connectivity index (χ4v) is 3.47. The highest BCUT2D eigenvalue weighted by atomic mass is 79.9. The average molecular weight is 354 g/mol. The number of halogens is 1. The van der Waals surface area contributed by atoms with Crippen molar-refractivity contribution in [1.29, 1.82) is 5.26 Å². The van der Waals surface area contributed by atoms with Gasteiger partial charge in [-0.3, -0.25) is 4.79 Å². The van der Waals surface area contributed by atoms with E-state index in [1.807, 2.05) is 18.2 Å². The highest BCUT2D eigenvalue weighted by Crippen LogP contribution is 2.30. The van der Waals surface area contributed by atoms with Gasteiger partial charge in [0.15, 0.2) is 0 Å². The van der Waals surface area contributed by atoms with Crippen LogP contribution in [0.3, 0.4) is 0 Å². The maximum absolute atomic E-state index is 12.0. The Bertz CT molecular complexity index is 550. The van der Waals surface area contributed by atoms with Crippen molar-refractivity contribution in [2.24, 2.45) is 0 Å². The molecule has 0 atom stereocenters. The molecule has 0 radical (unpaired) electrons. The molecule has 3 N–H and O–H groups in total. The number of nitrogens with one attached hydrogen (secondary N) is 1. The standard InChI is InChI=1S/C14H16BrN3OS/c15-10-3-4-12(11(17)7-10)20-8-13(19)18-14(9-16)5-1-2-6-14/h3-4,7H,1-2,5-6,8,17H2,(H,18,19). The van der Waals surface area contributed by atoms with Crippen LogP contribution >= 0.6 is 27.7 Å². The van der Waals surface area contributed by atoms with Crippen LogP contribution in [0.1, 0.15) is 25.7 Å². The number of nitrogen functional groups attached to an aromatic ring is 1. The summed E-state index contributed by atoms with van der Waals surface area (Å²) < 4.78 is 0.915. The van der Waals surface area contributed by atoms with Gasteiger partial charge in [0.1, 0.15) is 5.54 Å². The number of nitrogens with zero attached hydrogens (tertiary/aromatic N) is 1. The third kappa shape index (κ3) is 3.68. The van der Waals surface area contributed by atoms with E-state index < -0.39 is 5.54 Å². The molecule has 2 rings (SSSR count). The highest BCUT2D eigenvalue weighted by Gasteiger charge is 2.35. The van der Waals surface area contributed by atoms with Crippen LogP contribution in [0, 0.1) is 11.3 Å². The van der Waals surface area contributed by atoms with E-state index in [9.17, 15) is 10.1 Å². The Morgan fingerprint density at radius 3 is 2.80 bits per heavy atom. The van der Waals surface area contributed by atoms with Crippen molar-refractivity contribution in [3.8, 4) is 6.07 Å². The largest absolute Gasteiger partial charge is 0.398 e. The van der Waals surface area contributed by atoms with Crippen molar-refractivity contribution in [2.75, 3.05) is 11.5 Å². The molecule has 1 aromatic carbocycles. The molecule has 1 amide bonds. The molecule has 0 bridgehead atoms. The monoisotopic (exact) mass is 353 g/mol. The van der Waals surface area contributed by atoms with E-state index in [1.54, 1.807) is 0 Å². The maximum Gasteiger partial charge on any atom is 0.231 e. The Balaban J connectivity index is 1.91. The van der Waals surface area contributed by atoms with Gasteiger partial charge < -0.3 is 11.1 Å². The van der Waals surface area contributed by atoms with Gasteiger partial charge in [0.05, 0.1) is 11.8 Å². The lowest BCUT2D eigenvalue weighted by molar-refractivity contribution is -0.119. The summed E-state index contributed by atoms with van der Waals surface area (Å²) in [5.74, 6) is 0.163. The highest BCUT2D eigenvalue weighted by molar-refractivity contribution is 9.10. The SMILES string of the molecule is N#CC1(NC(=O)CSc2ccc(Br)cc2N)CCCC1. The van der Waals surface area contributed by atoms with Crippen molar-refractivity contribution in [3.05, 3.63) is 22.7 Å². The van der Waals surface area contributed by atoms with E-state index in [2.05, 4.69) is 27.3 Å². The number of hydrogen-bond acceptors (Lipinski definition) is 4. The minimum Gasteiger partial charge on any atom is -0.398 e. The van der Waals surface area contributed by atoms with Crippen molar-refractivity contribution in [3.63, 3.8) is 0 Å². The lowest BCUT2D eigenvalue weighted by atomic mass is 10.0. The zero-order chi connectivity index (χ0) is 14.6. The van der Waals surface area contributed by atoms with E-state index in [1.165, 1.54) is 11.8 Å². The molecule has 1 saturated carbocycles. The van der Waals surface area contributed by atoms with Crippen LogP contribution in [0.5, 0.6) is 0 Å². The normalized spacial score (nSPS) is 16.6. The summed E-state index contributed by atoms with van der Waals surface area (Å²) >= 11 is 4.74. The molecule has 1 fully saturated rings. The number of hydrogen-bond donors (Lipinski definition) is 2. The minimum atomic E-state index is -0.650. The van der Waals surface area contributed by atoms with Crippen LogP contribution in [0.15, 0.2) is 27.6 Å². The van der Waals surface area contributed by atoms with Crippen molar-refractivity contribution in [1.82, 2.24) is 5.32 Å². The minimum absolute atomic E-state index is 0.110. The molecule has 0 unspecified atom stereocenters. The number of carbonyl (C=O) groups excluding carboxylic acids is 1. The number of nitriles is 1. The predicted molar refractivity (Wildman–Crippen MR) is 84.2 cm³/mol. The molecule has 4 nitrogen and oxygen atoms in total. The molecule has 1 aromatic rings. The van der Waals surface area contributed by atoms with E-state index in [0.717, 1.165) is 35.1 Å². The quantitative estimate of drug-likeness (QED) is 0.643. The summed E-state index contributed by atoms with van der Waals surface area (Å²) in [6.07, 6.45) is 3.50. The summed E-state index contributed by atoms with van der Waals surface area (Å²) in [5, 5.41) is 12.1. The lowest BCUT2D eigenvalue weighted by Crippen LogP contribution is -2.45. The fourth-order valence-electron chi connectivity index (χ4n) is 2.34. The first-order valence-electron chi connectivity index (χ1n) is 6.45. The Morgan fingerprint density at radius 1 is 1.50 bits per heavy atom. The van der Waals surface area contributed by atoms with Gasteiger partial charge in [-0.25, -0.2) is 0 Å². The number of rotatable bonds is 4. The Labute approximate surface area is 131 Å². The summed E-state index contributed by atoms with van der Waals surface area (Å²) in [7, 11) is 0. The summed E-state index contributed by atoms with van der Waals surface area (Å²) in [6, 6.07) is 7.84. The second-order valence-corrected chi connectivity index (χ2v) is 6.85. The first-order valence-corrected chi connectivity index (χ1v) is 8.23. The molecular formula is C14H16BrN3OS. The molecule has 1 aliphatic carbocycles. The number of nitrogens with two attached hydrogens (primary N) is 1. The Morgan fingerprint density at radius 2 is 2.20 bits per heavy atom. The van der Waals surface area contributed by atoms with Crippen LogP contribution in [-0.4, -0.2) is 17.2 Å². The number of anilines is 1. The van der Waals surface area contributed by atoms with E-state index in [4.69, 9.17) is 5.73 Å². The topological polar surface area (TPSA) is 78.9 Å². The molecule has 6 heteroatoms. The second-order valence-electron chi connectivity index (χ2n) is 4.92. The third-order valence-electron chi connectivity index (χ3n) is 3.38. The Hall–Kier alpha value is -1.19. The fraction of sp³-hybridized carbons (Fsp3) is 0.429. The lowest BCUT2D eigenvalue weighted by Gasteiger charge is -2.21. The molecular weight excluding hydrogens is 338 g/mol. The van der Waals surface area contributed by atoms with Gasteiger partial charge in [-0.15, -0.1) is 11.8 Å². The van der Waals surface area contributed by atoms with Gasteiger partial charge in [0.25, 0.3) is 0 Å². The van der Waals surface area contributed by atoms with Gasteiger partial charge in [0, 0.05) is 15.1 Å². The van der Waals surface area contributed by atoms with Crippen molar-refractivity contribution >= 4 is 39.3 Å². The Kier molecular flexibility index (Phi) is 4.95. The molecule has 0 saturated heterocycles. The zero-order valence-corrected chi connectivity index (χ0v) is 13.4. The molecule has 20 heavy (non-hydrogen) atoms. The number of amides is 1. The molecule has 106 valence electrons. The predicted octanol–water partition coefficient (Wildman–Crippen LogP) is 3.08. The van der Waals surface area contributed by atoms with Crippen LogP contribution in [0.2, 0.25) is 0 Å². The number of thioether (sulfide) groups is 1. The van der Waals surface area contributed by atoms with E-state index in [-0.39, 0.29) is 11.7 Å². The van der Waals surface area contributed by atoms with E-state index in [0.29, 0.717) is 5.69 Å². The molecule has 0 aliphatic heterocycles. The van der Waals surface area contributed by atoms with Gasteiger partial charge >= 0.3 is 0 Å². The smallest absolute Gasteiger partial charge is 0.231 e. The second kappa shape index (κ2) is 6.51. The number of benzene rings is 1. The average Bonchev–Trinajstić information content (AvgIpc) is 2.87. The van der Waals surface area contributed by atoms with Gasteiger partial charge in [-0.05, 0) is 43.9 Å². The number of carbonyl (C=O) groups is 1. The molecule has 0 aromatic heterocycles. The van der Waals surface area contributed by atoms with Crippen molar-refractivity contribution in [2.45, 2.75) is 36.1 Å². The van der Waals surface area contributed by atoms with Gasteiger partial charge in [0.2, 0.25) is 5.91 Å². The first-order chi connectivity index (χ1) is 9.54. The van der Waals surface area contributed by atoms with E-state index >= 15 is 0 Å². The van der Waals surface area contributed by atoms with Crippen LogP contribution in [-0.2, 0) is 4.79 Å². The molecule has 0 heterocycles. The first kappa shape index (κ1) is 15.2. The van der Waals surface area contributed by atoms with Crippen LogP contribution < -0.4 is 11.1 Å². The summed E-state index contributed by atoms with van der Waals surface area (Å²) in [5.41, 5.74) is 5.88. The molecule has 0 spiro atoms. The van der Waals surface area contributed by atoms with Crippen LogP contribution in [0.4, 0.5) is 5.69 Å². The third-order valence-corrected chi connectivity index (χ3v) is 4.96. The molecule has 1 aliphatic rings. The maximum atomic E-state index is 12.0. The van der Waals surface area contributed by atoms with Gasteiger partial charge in [-0.2, -0.15) is 5.26 Å². The summed E-state index contributed by atoms with van der Waals surface area (Å²) in [6.45, 7) is 0. The van der Waals surface area contributed by atoms with Crippen molar-refractivity contribution < 1.29 is 4.79 Å².